The third kappa shape index (κ3) is 4.27. The first-order valence-electron chi connectivity index (χ1n) is 10.7. The van der Waals surface area contributed by atoms with Crippen molar-refractivity contribution in [3.8, 4) is 0 Å². The number of carbonyl (C=O) groups excluding carboxylic acids is 2. The fourth-order valence-corrected chi connectivity index (χ4v) is 5.27. The minimum absolute atomic E-state index is 0.250. The first kappa shape index (κ1) is 21.0. The molecule has 2 aromatic rings. The molecule has 9 heteroatoms. The molecule has 0 N–H and O–H groups in total. The molecule has 0 spiro atoms. The Balaban J connectivity index is 1.44. The molecule has 0 bridgehead atoms. The summed E-state index contributed by atoms with van der Waals surface area (Å²) in [4.78, 5) is 41.7. The zero-order valence-electron chi connectivity index (χ0n) is 17.7. The molecule has 0 saturated carbocycles. The summed E-state index contributed by atoms with van der Waals surface area (Å²) in [5.74, 6) is 0.816. The van der Waals surface area contributed by atoms with E-state index in [-0.39, 0.29) is 11.9 Å². The molecule has 0 unspecified atom stereocenters. The maximum atomic E-state index is 12.6. The lowest BCUT2D eigenvalue weighted by Crippen LogP contribution is -2.51. The average molecular weight is 432 g/mol. The Labute approximate surface area is 180 Å². The molecular formula is C21H29N5O3S. The zero-order chi connectivity index (χ0) is 21.1. The van der Waals surface area contributed by atoms with Gasteiger partial charge in [-0.25, -0.2) is 14.8 Å². The van der Waals surface area contributed by atoms with E-state index in [1.807, 2.05) is 11.8 Å². The highest BCUT2D eigenvalue weighted by Crippen LogP contribution is 2.35. The molecule has 0 radical (unpaired) electrons. The van der Waals surface area contributed by atoms with Crippen LogP contribution >= 0.6 is 11.3 Å². The number of aryl methyl sites for hydroxylation is 1. The quantitative estimate of drug-likeness (QED) is 0.672. The zero-order valence-corrected chi connectivity index (χ0v) is 18.5. The number of fused-ring (bicyclic) bond motifs is 1. The van der Waals surface area contributed by atoms with Crippen molar-refractivity contribution in [2.75, 3.05) is 57.3 Å². The highest BCUT2D eigenvalue weighted by atomic mass is 32.1. The van der Waals surface area contributed by atoms with Gasteiger partial charge in [-0.3, -0.25) is 9.69 Å². The predicted octanol–water partition coefficient (Wildman–Crippen LogP) is 2.31. The Kier molecular flexibility index (Phi) is 6.48. The predicted molar refractivity (Wildman–Crippen MR) is 117 cm³/mol. The van der Waals surface area contributed by atoms with Gasteiger partial charge < -0.3 is 14.5 Å². The first-order valence-corrected chi connectivity index (χ1v) is 11.6. The fourth-order valence-electron chi connectivity index (χ4n) is 4.24. The summed E-state index contributed by atoms with van der Waals surface area (Å²) < 4.78 is 5.19. The summed E-state index contributed by atoms with van der Waals surface area (Å²) in [7, 11) is 0. The number of anilines is 1. The molecule has 1 amide bonds. The van der Waals surface area contributed by atoms with Crippen molar-refractivity contribution in [3.63, 3.8) is 0 Å². The average Bonchev–Trinajstić information content (AvgIpc) is 3.12. The minimum atomic E-state index is -0.301. The minimum Gasteiger partial charge on any atom is -0.462 e. The number of thiophene rings is 1. The standard InChI is InChI=1S/C21H29N5O3S/c1-3-29-21(28)18-15(2)17-19(22-14-23-20(17)30-18)26-11-9-24(10-12-26)13-16(27)25-7-5-4-6-8-25/h14H,3-13H2,1-2H3. The number of piperazine rings is 1. The van der Waals surface area contributed by atoms with E-state index in [4.69, 9.17) is 4.74 Å². The Morgan fingerprint density at radius 3 is 2.50 bits per heavy atom. The number of hydrogen-bond donors (Lipinski definition) is 0. The monoisotopic (exact) mass is 431 g/mol. The van der Waals surface area contributed by atoms with Crippen molar-refractivity contribution < 1.29 is 14.3 Å². The SMILES string of the molecule is CCOC(=O)c1sc2ncnc(N3CCN(CC(=O)N4CCCCC4)CC3)c2c1C. The van der Waals surface area contributed by atoms with Gasteiger partial charge in [-0.2, -0.15) is 0 Å². The molecule has 0 aromatic carbocycles. The maximum absolute atomic E-state index is 12.6. The van der Waals surface area contributed by atoms with E-state index in [0.717, 1.165) is 73.7 Å². The van der Waals surface area contributed by atoms with Gasteiger partial charge in [0.25, 0.3) is 0 Å². The Morgan fingerprint density at radius 2 is 1.80 bits per heavy atom. The van der Waals surface area contributed by atoms with Crippen molar-refractivity contribution in [2.24, 2.45) is 0 Å². The number of aromatic nitrogens is 2. The van der Waals surface area contributed by atoms with Gasteiger partial charge in [0.15, 0.2) is 0 Å². The van der Waals surface area contributed by atoms with Crippen LogP contribution in [-0.2, 0) is 9.53 Å². The van der Waals surface area contributed by atoms with E-state index in [1.165, 1.54) is 17.8 Å². The van der Waals surface area contributed by atoms with Crippen LogP contribution in [0.4, 0.5) is 5.82 Å². The lowest BCUT2D eigenvalue weighted by atomic mass is 10.1. The highest BCUT2D eigenvalue weighted by molar-refractivity contribution is 7.20. The molecule has 0 atom stereocenters. The number of esters is 1. The van der Waals surface area contributed by atoms with Crippen LogP contribution in [0.15, 0.2) is 6.33 Å². The van der Waals surface area contributed by atoms with Crippen molar-refractivity contribution in [1.82, 2.24) is 19.8 Å². The molecule has 4 heterocycles. The molecular weight excluding hydrogens is 402 g/mol. The van der Waals surface area contributed by atoms with Crippen molar-refractivity contribution in [2.45, 2.75) is 33.1 Å². The van der Waals surface area contributed by atoms with Gasteiger partial charge >= 0.3 is 5.97 Å². The molecule has 2 aliphatic heterocycles. The third-order valence-corrected chi connectivity index (χ3v) is 7.09. The number of nitrogens with zero attached hydrogens (tertiary/aromatic N) is 5. The van der Waals surface area contributed by atoms with E-state index in [9.17, 15) is 9.59 Å². The van der Waals surface area contributed by atoms with E-state index in [1.54, 1.807) is 13.3 Å². The summed E-state index contributed by atoms with van der Waals surface area (Å²) in [5, 5.41) is 0.934. The van der Waals surface area contributed by atoms with E-state index in [0.29, 0.717) is 18.0 Å². The summed E-state index contributed by atoms with van der Waals surface area (Å²) in [6.07, 6.45) is 5.04. The molecule has 8 nitrogen and oxygen atoms in total. The Morgan fingerprint density at radius 1 is 1.07 bits per heavy atom. The Hall–Kier alpha value is -2.26. The van der Waals surface area contributed by atoms with Crippen LogP contribution in [0.1, 0.15) is 41.4 Å². The van der Waals surface area contributed by atoms with Gasteiger partial charge in [0, 0.05) is 39.3 Å². The van der Waals surface area contributed by atoms with Gasteiger partial charge in [-0.1, -0.05) is 0 Å². The van der Waals surface area contributed by atoms with Gasteiger partial charge in [-0.05, 0) is 38.7 Å². The number of hydrogen-bond acceptors (Lipinski definition) is 8. The van der Waals surface area contributed by atoms with Crippen LogP contribution in [0.2, 0.25) is 0 Å². The van der Waals surface area contributed by atoms with Crippen molar-refractivity contribution in [1.29, 1.82) is 0 Å². The molecule has 162 valence electrons. The Bertz CT molecular complexity index is 917. The smallest absolute Gasteiger partial charge is 0.348 e. The number of ether oxygens (including phenoxy) is 1. The molecule has 30 heavy (non-hydrogen) atoms. The van der Waals surface area contributed by atoms with Crippen LogP contribution < -0.4 is 4.90 Å². The van der Waals surface area contributed by atoms with Crippen LogP contribution in [0.25, 0.3) is 10.2 Å². The number of likely N-dealkylation sites (tertiary alicyclic amines) is 1. The lowest BCUT2D eigenvalue weighted by molar-refractivity contribution is -0.133. The van der Waals surface area contributed by atoms with Gasteiger partial charge in [-0.15, -0.1) is 11.3 Å². The van der Waals surface area contributed by atoms with E-state index < -0.39 is 0 Å². The fraction of sp³-hybridized carbons (Fsp3) is 0.619. The third-order valence-electron chi connectivity index (χ3n) is 5.91. The lowest BCUT2D eigenvalue weighted by Gasteiger charge is -2.36. The van der Waals surface area contributed by atoms with Crippen LogP contribution in [0, 0.1) is 6.92 Å². The summed E-state index contributed by atoms with van der Waals surface area (Å²) >= 11 is 1.36. The van der Waals surface area contributed by atoms with Crippen molar-refractivity contribution >= 4 is 39.2 Å². The van der Waals surface area contributed by atoms with Crippen LogP contribution in [0.3, 0.4) is 0 Å². The van der Waals surface area contributed by atoms with Gasteiger partial charge in [0.1, 0.15) is 21.9 Å². The van der Waals surface area contributed by atoms with Gasteiger partial charge in [0.05, 0.1) is 18.5 Å². The summed E-state index contributed by atoms with van der Waals surface area (Å²) in [6.45, 7) is 9.62. The van der Waals surface area contributed by atoms with Gasteiger partial charge in [0.2, 0.25) is 5.91 Å². The number of carbonyl (C=O) groups is 2. The molecule has 2 aliphatic rings. The summed E-state index contributed by atoms with van der Waals surface area (Å²) in [6, 6.07) is 0. The second-order valence-corrected chi connectivity index (χ2v) is 8.86. The van der Waals surface area contributed by atoms with Crippen molar-refractivity contribution in [3.05, 3.63) is 16.8 Å². The second kappa shape index (κ2) is 9.26. The topological polar surface area (TPSA) is 78.9 Å². The molecule has 2 saturated heterocycles. The molecule has 4 rings (SSSR count). The molecule has 2 aromatic heterocycles. The molecule has 2 fully saturated rings. The van der Waals surface area contributed by atoms with E-state index in [2.05, 4.69) is 19.8 Å². The summed E-state index contributed by atoms with van der Waals surface area (Å²) in [5.41, 5.74) is 0.881. The van der Waals surface area contributed by atoms with Crippen LogP contribution in [-0.4, -0.2) is 84.1 Å². The number of amides is 1. The second-order valence-electron chi connectivity index (χ2n) is 7.86. The number of piperidine rings is 1. The normalized spacial score (nSPS) is 18.1. The molecule has 0 aliphatic carbocycles. The highest BCUT2D eigenvalue weighted by Gasteiger charge is 2.26. The maximum Gasteiger partial charge on any atom is 0.348 e. The number of rotatable bonds is 5. The largest absolute Gasteiger partial charge is 0.462 e. The van der Waals surface area contributed by atoms with Crippen LogP contribution in [0.5, 0.6) is 0 Å². The van der Waals surface area contributed by atoms with E-state index >= 15 is 0 Å². The first-order chi connectivity index (χ1) is 14.6.